The van der Waals surface area contributed by atoms with E-state index >= 15 is 0 Å². The molecular formula is C20H13F3O. The van der Waals surface area contributed by atoms with Crippen LogP contribution in [0.5, 0.6) is 0 Å². The molecule has 0 amide bonds. The van der Waals surface area contributed by atoms with Crippen LogP contribution in [0.1, 0.15) is 21.5 Å². The largest absolute Gasteiger partial charge is 0.416 e. The predicted molar refractivity (Wildman–Crippen MR) is 86.8 cm³/mol. The van der Waals surface area contributed by atoms with Crippen molar-refractivity contribution in [3.63, 3.8) is 0 Å². The maximum absolute atomic E-state index is 12.7. The smallest absolute Gasteiger partial charge is 0.289 e. The molecule has 0 radical (unpaired) electrons. The minimum Gasteiger partial charge on any atom is -0.289 e. The molecule has 0 spiro atoms. The number of ketones is 1. The zero-order chi connectivity index (χ0) is 17.2. The number of carbonyl (C=O) groups excluding carboxylic acids is 1. The SMILES string of the molecule is O=C(c1ccc(C(F)(F)F)cc1)c1ccccc1-c1ccccc1. The van der Waals surface area contributed by atoms with E-state index in [-0.39, 0.29) is 11.3 Å². The first kappa shape index (κ1) is 16.0. The van der Waals surface area contributed by atoms with Crippen molar-refractivity contribution in [1.82, 2.24) is 0 Å². The van der Waals surface area contributed by atoms with E-state index in [9.17, 15) is 18.0 Å². The van der Waals surface area contributed by atoms with E-state index < -0.39 is 11.7 Å². The van der Waals surface area contributed by atoms with Crippen molar-refractivity contribution < 1.29 is 18.0 Å². The summed E-state index contributed by atoms with van der Waals surface area (Å²) in [6.07, 6.45) is -4.41. The molecule has 0 heterocycles. The average molecular weight is 326 g/mol. The summed E-state index contributed by atoms with van der Waals surface area (Å²) in [4.78, 5) is 12.7. The Kier molecular flexibility index (Phi) is 4.21. The third kappa shape index (κ3) is 3.23. The van der Waals surface area contributed by atoms with E-state index in [0.29, 0.717) is 5.56 Å². The molecule has 0 aliphatic carbocycles. The van der Waals surface area contributed by atoms with Crippen LogP contribution in [0.15, 0.2) is 78.9 Å². The maximum Gasteiger partial charge on any atom is 0.416 e. The second kappa shape index (κ2) is 6.32. The molecule has 0 aliphatic rings. The number of hydrogen-bond acceptors (Lipinski definition) is 1. The van der Waals surface area contributed by atoms with Gasteiger partial charge in [-0.05, 0) is 23.3 Å². The Hall–Kier alpha value is -2.88. The van der Waals surface area contributed by atoms with Crippen LogP contribution < -0.4 is 0 Å². The highest BCUT2D eigenvalue weighted by molar-refractivity contribution is 6.12. The fourth-order valence-corrected chi connectivity index (χ4v) is 2.52. The molecule has 0 unspecified atom stereocenters. The minimum atomic E-state index is -4.41. The van der Waals surface area contributed by atoms with Crippen LogP contribution in [0.3, 0.4) is 0 Å². The van der Waals surface area contributed by atoms with Gasteiger partial charge in [0, 0.05) is 11.1 Å². The Balaban J connectivity index is 2.00. The van der Waals surface area contributed by atoms with Gasteiger partial charge in [0.1, 0.15) is 0 Å². The van der Waals surface area contributed by atoms with Crippen LogP contribution in [0, 0.1) is 0 Å². The van der Waals surface area contributed by atoms with Gasteiger partial charge >= 0.3 is 6.18 Å². The number of rotatable bonds is 3. The summed E-state index contributed by atoms with van der Waals surface area (Å²) in [6, 6.07) is 20.8. The number of benzene rings is 3. The van der Waals surface area contributed by atoms with Crippen molar-refractivity contribution in [3.8, 4) is 11.1 Å². The van der Waals surface area contributed by atoms with Gasteiger partial charge in [-0.1, -0.05) is 66.7 Å². The van der Waals surface area contributed by atoms with E-state index in [1.54, 1.807) is 12.1 Å². The number of halogens is 3. The van der Waals surface area contributed by atoms with E-state index in [1.807, 2.05) is 42.5 Å². The number of carbonyl (C=O) groups is 1. The normalized spacial score (nSPS) is 11.3. The zero-order valence-electron chi connectivity index (χ0n) is 12.5. The molecule has 0 bridgehead atoms. The first-order valence-corrected chi connectivity index (χ1v) is 7.33. The van der Waals surface area contributed by atoms with E-state index in [1.165, 1.54) is 12.1 Å². The summed E-state index contributed by atoms with van der Waals surface area (Å²) >= 11 is 0. The molecule has 3 aromatic rings. The zero-order valence-corrected chi connectivity index (χ0v) is 12.5. The molecule has 24 heavy (non-hydrogen) atoms. The molecule has 0 atom stereocenters. The van der Waals surface area contributed by atoms with Gasteiger partial charge in [-0.3, -0.25) is 4.79 Å². The van der Waals surface area contributed by atoms with Crippen LogP contribution in [-0.4, -0.2) is 5.78 Å². The lowest BCUT2D eigenvalue weighted by atomic mass is 9.93. The predicted octanol–water partition coefficient (Wildman–Crippen LogP) is 5.60. The van der Waals surface area contributed by atoms with Crippen LogP contribution in [0.25, 0.3) is 11.1 Å². The number of alkyl halides is 3. The van der Waals surface area contributed by atoms with Gasteiger partial charge in [-0.2, -0.15) is 13.2 Å². The van der Waals surface area contributed by atoms with Crippen molar-refractivity contribution in [2.45, 2.75) is 6.18 Å². The first-order valence-electron chi connectivity index (χ1n) is 7.33. The highest BCUT2D eigenvalue weighted by atomic mass is 19.4. The van der Waals surface area contributed by atoms with Gasteiger partial charge in [0.05, 0.1) is 5.56 Å². The fourth-order valence-electron chi connectivity index (χ4n) is 2.52. The quantitative estimate of drug-likeness (QED) is 0.572. The van der Waals surface area contributed by atoms with Crippen molar-refractivity contribution in [3.05, 3.63) is 95.6 Å². The van der Waals surface area contributed by atoms with Crippen LogP contribution in [0.2, 0.25) is 0 Å². The Morgan fingerprint density at radius 3 is 1.92 bits per heavy atom. The van der Waals surface area contributed by atoms with Gasteiger partial charge in [0.15, 0.2) is 5.78 Å². The lowest BCUT2D eigenvalue weighted by molar-refractivity contribution is -0.137. The Morgan fingerprint density at radius 2 is 1.29 bits per heavy atom. The molecule has 0 saturated heterocycles. The summed E-state index contributed by atoms with van der Waals surface area (Å²) in [5, 5.41) is 0. The number of hydrogen-bond donors (Lipinski definition) is 0. The lowest BCUT2D eigenvalue weighted by Gasteiger charge is -2.10. The van der Waals surface area contributed by atoms with Crippen molar-refractivity contribution in [2.24, 2.45) is 0 Å². The first-order chi connectivity index (χ1) is 11.5. The fraction of sp³-hybridized carbons (Fsp3) is 0.0500. The van der Waals surface area contributed by atoms with Crippen molar-refractivity contribution >= 4 is 5.78 Å². The molecule has 0 fully saturated rings. The molecular weight excluding hydrogens is 313 g/mol. The third-order valence-electron chi connectivity index (χ3n) is 3.73. The van der Waals surface area contributed by atoms with E-state index in [0.717, 1.165) is 23.3 Å². The molecule has 0 aromatic heterocycles. The highest BCUT2D eigenvalue weighted by Gasteiger charge is 2.30. The summed E-state index contributed by atoms with van der Waals surface area (Å²) in [5.74, 6) is -0.303. The highest BCUT2D eigenvalue weighted by Crippen LogP contribution is 2.30. The minimum absolute atomic E-state index is 0.228. The van der Waals surface area contributed by atoms with Crippen LogP contribution >= 0.6 is 0 Å². The summed E-state index contributed by atoms with van der Waals surface area (Å²) in [5.41, 5.74) is 1.56. The van der Waals surface area contributed by atoms with Gasteiger partial charge in [-0.15, -0.1) is 0 Å². The van der Waals surface area contributed by atoms with Crippen LogP contribution in [-0.2, 0) is 6.18 Å². The topological polar surface area (TPSA) is 17.1 Å². The van der Waals surface area contributed by atoms with Gasteiger partial charge in [-0.25, -0.2) is 0 Å². The molecule has 120 valence electrons. The Bertz CT molecular complexity index is 850. The standard InChI is InChI=1S/C20H13F3O/c21-20(22,23)16-12-10-15(11-13-16)19(24)18-9-5-4-8-17(18)14-6-2-1-3-7-14/h1-13H. The third-order valence-corrected chi connectivity index (χ3v) is 3.73. The van der Waals surface area contributed by atoms with E-state index in [4.69, 9.17) is 0 Å². The molecule has 3 rings (SSSR count). The van der Waals surface area contributed by atoms with Crippen LogP contribution in [0.4, 0.5) is 13.2 Å². The van der Waals surface area contributed by atoms with Gasteiger partial charge in [0.2, 0.25) is 0 Å². The molecule has 4 heteroatoms. The lowest BCUT2D eigenvalue weighted by Crippen LogP contribution is -2.07. The monoisotopic (exact) mass is 326 g/mol. The van der Waals surface area contributed by atoms with E-state index in [2.05, 4.69) is 0 Å². The van der Waals surface area contributed by atoms with Crippen molar-refractivity contribution in [1.29, 1.82) is 0 Å². The molecule has 1 nitrogen and oxygen atoms in total. The molecule has 0 saturated carbocycles. The molecule has 0 N–H and O–H groups in total. The molecule has 0 aliphatic heterocycles. The Morgan fingerprint density at radius 1 is 0.708 bits per heavy atom. The molecule has 3 aromatic carbocycles. The summed E-state index contributed by atoms with van der Waals surface area (Å²) in [6.45, 7) is 0. The van der Waals surface area contributed by atoms with Gasteiger partial charge < -0.3 is 0 Å². The summed E-state index contributed by atoms with van der Waals surface area (Å²) in [7, 11) is 0. The van der Waals surface area contributed by atoms with Gasteiger partial charge in [0.25, 0.3) is 0 Å². The Labute approximate surface area is 137 Å². The maximum atomic E-state index is 12.7. The summed E-state index contributed by atoms with van der Waals surface area (Å²) < 4.78 is 37.9. The van der Waals surface area contributed by atoms with Crippen molar-refractivity contribution in [2.75, 3.05) is 0 Å². The second-order valence-corrected chi connectivity index (χ2v) is 5.32. The average Bonchev–Trinajstić information content (AvgIpc) is 2.61. The second-order valence-electron chi connectivity index (χ2n) is 5.32.